The summed E-state index contributed by atoms with van der Waals surface area (Å²) in [5.74, 6) is 3.14. The number of rotatable bonds is 4. The quantitative estimate of drug-likeness (QED) is 0.839. The van der Waals surface area contributed by atoms with E-state index in [4.69, 9.17) is 0 Å². The normalized spacial score (nSPS) is 32.4. The second kappa shape index (κ2) is 4.21. The summed E-state index contributed by atoms with van der Waals surface area (Å²) in [6, 6.07) is 0.808. The van der Waals surface area contributed by atoms with Crippen molar-refractivity contribution < 1.29 is 0 Å². The van der Waals surface area contributed by atoms with Crippen LogP contribution in [0.5, 0.6) is 0 Å². The Balaban J connectivity index is 1.46. The van der Waals surface area contributed by atoms with E-state index < -0.39 is 0 Å². The third-order valence-electron chi connectivity index (χ3n) is 4.42. The van der Waals surface area contributed by atoms with Crippen molar-refractivity contribution in [1.29, 1.82) is 0 Å². The Hall–Kier alpha value is -0.830. The second-order valence-electron chi connectivity index (χ2n) is 5.40. The van der Waals surface area contributed by atoms with Crippen LogP contribution in [0.25, 0.3) is 0 Å². The minimum absolute atomic E-state index is 0.808. The fourth-order valence-electron chi connectivity index (χ4n) is 3.51. The lowest BCUT2D eigenvalue weighted by atomic mass is 9.95. The van der Waals surface area contributed by atoms with Crippen LogP contribution in [0.3, 0.4) is 0 Å². The standard InChI is InChI=1S/C13H21N3/c1-10-14-4-6-16(10)7-5-15-13-9-11-2-3-12(13)8-11/h4,6,11-13,15H,2-3,5,7-9H2,1H3. The highest BCUT2D eigenvalue weighted by Gasteiger charge is 2.38. The molecule has 0 radical (unpaired) electrons. The summed E-state index contributed by atoms with van der Waals surface area (Å²) in [4.78, 5) is 4.24. The van der Waals surface area contributed by atoms with E-state index in [-0.39, 0.29) is 0 Å². The monoisotopic (exact) mass is 219 g/mol. The summed E-state index contributed by atoms with van der Waals surface area (Å²) in [5.41, 5.74) is 0. The molecule has 0 spiro atoms. The zero-order valence-corrected chi connectivity index (χ0v) is 10.0. The van der Waals surface area contributed by atoms with E-state index in [2.05, 4.69) is 28.0 Å². The summed E-state index contributed by atoms with van der Waals surface area (Å²) < 4.78 is 2.22. The number of aryl methyl sites for hydroxylation is 1. The molecule has 2 fully saturated rings. The Bertz CT molecular complexity index is 358. The van der Waals surface area contributed by atoms with Crippen molar-refractivity contribution in [3.63, 3.8) is 0 Å². The van der Waals surface area contributed by atoms with Crippen LogP contribution in [0.1, 0.15) is 31.5 Å². The average Bonchev–Trinajstić information content (AvgIpc) is 2.96. The molecule has 0 amide bonds. The van der Waals surface area contributed by atoms with Gasteiger partial charge >= 0.3 is 0 Å². The van der Waals surface area contributed by atoms with Gasteiger partial charge < -0.3 is 9.88 Å². The average molecular weight is 219 g/mol. The number of fused-ring (bicyclic) bond motifs is 2. The highest BCUT2D eigenvalue weighted by molar-refractivity contribution is 4.94. The molecule has 0 saturated heterocycles. The predicted octanol–water partition coefficient (Wildman–Crippen LogP) is 1.97. The zero-order valence-electron chi connectivity index (χ0n) is 10.0. The van der Waals surface area contributed by atoms with Gasteiger partial charge in [0, 0.05) is 31.5 Å². The van der Waals surface area contributed by atoms with Crippen LogP contribution in [-0.4, -0.2) is 22.1 Å². The van der Waals surface area contributed by atoms with Gasteiger partial charge in [0.05, 0.1) is 0 Å². The number of nitrogens with one attached hydrogen (secondary N) is 1. The van der Waals surface area contributed by atoms with Gasteiger partial charge in [-0.05, 0) is 38.0 Å². The highest BCUT2D eigenvalue weighted by atomic mass is 15.1. The maximum Gasteiger partial charge on any atom is 0.105 e. The molecule has 3 nitrogen and oxygen atoms in total. The molecule has 0 aliphatic heterocycles. The van der Waals surface area contributed by atoms with Crippen LogP contribution in [0.2, 0.25) is 0 Å². The number of hydrogen-bond acceptors (Lipinski definition) is 2. The Morgan fingerprint density at radius 1 is 1.44 bits per heavy atom. The summed E-state index contributed by atoms with van der Waals surface area (Å²) in [6.45, 7) is 4.21. The van der Waals surface area contributed by atoms with E-state index in [1.807, 2.05) is 6.20 Å². The Kier molecular flexibility index (Phi) is 2.72. The summed E-state index contributed by atoms with van der Waals surface area (Å²) >= 11 is 0. The molecule has 1 N–H and O–H groups in total. The second-order valence-corrected chi connectivity index (χ2v) is 5.40. The van der Waals surface area contributed by atoms with Gasteiger partial charge in [0.25, 0.3) is 0 Å². The Morgan fingerprint density at radius 2 is 2.38 bits per heavy atom. The largest absolute Gasteiger partial charge is 0.334 e. The van der Waals surface area contributed by atoms with Crippen molar-refractivity contribution in [3.05, 3.63) is 18.2 Å². The van der Waals surface area contributed by atoms with Crippen LogP contribution in [0.15, 0.2) is 12.4 Å². The zero-order chi connectivity index (χ0) is 11.0. The van der Waals surface area contributed by atoms with Crippen LogP contribution in [0, 0.1) is 18.8 Å². The van der Waals surface area contributed by atoms with E-state index in [9.17, 15) is 0 Å². The van der Waals surface area contributed by atoms with Gasteiger partial charge in [0.1, 0.15) is 5.82 Å². The van der Waals surface area contributed by atoms with Crippen LogP contribution >= 0.6 is 0 Å². The van der Waals surface area contributed by atoms with Crippen molar-refractivity contribution in [1.82, 2.24) is 14.9 Å². The number of hydrogen-bond donors (Lipinski definition) is 1. The predicted molar refractivity (Wildman–Crippen MR) is 64.2 cm³/mol. The van der Waals surface area contributed by atoms with E-state index in [0.717, 1.165) is 36.8 Å². The van der Waals surface area contributed by atoms with E-state index in [0.29, 0.717) is 0 Å². The molecule has 3 unspecified atom stereocenters. The Morgan fingerprint density at radius 3 is 3.00 bits per heavy atom. The van der Waals surface area contributed by atoms with Gasteiger partial charge in [-0.1, -0.05) is 6.42 Å². The number of nitrogens with zero attached hydrogens (tertiary/aromatic N) is 2. The molecule has 1 aromatic rings. The third kappa shape index (κ3) is 1.88. The fraction of sp³-hybridized carbons (Fsp3) is 0.769. The van der Waals surface area contributed by atoms with Gasteiger partial charge in [-0.15, -0.1) is 0 Å². The lowest BCUT2D eigenvalue weighted by Crippen LogP contribution is -2.35. The van der Waals surface area contributed by atoms with Crippen molar-refractivity contribution in [2.75, 3.05) is 6.54 Å². The highest BCUT2D eigenvalue weighted by Crippen LogP contribution is 2.44. The van der Waals surface area contributed by atoms with Crippen LogP contribution in [-0.2, 0) is 6.54 Å². The Labute approximate surface area is 97.3 Å². The van der Waals surface area contributed by atoms with Gasteiger partial charge in [-0.25, -0.2) is 4.98 Å². The lowest BCUT2D eigenvalue weighted by Gasteiger charge is -2.23. The van der Waals surface area contributed by atoms with Crippen LogP contribution in [0.4, 0.5) is 0 Å². The van der Waals surface area contributed by atoms with Gasteiger partial charge in [0.15, 0.2) is 0 Å². The van der Waals surface area contributed by atoms with Gasteiger partial charge in [-0.2, -0.15) is 0 Å². The number of imidazole rings is 1. The van der Waals surface area contributed by atoms with Crippen molar-refractivity contribution in [3.8, 4) is 0 Å². The lowest BCUT2D eigenvalue weighted by molar-refractivity contribution is 0.347. The van der Waals surface area contributed by atoms with E-state index in [1.165, 1.54) is 25.7 Å². The molecular weight excluding hydrogens is 198 g/mol. The maximum absolute atomic E-state index is 4.24. The molecule has 3 rings (SSSR count). The first-order valence-electron chi connectivity index (χ1n) is 6.54. The molecule has 0 aromatic carbocycles. The molecule has 16 heavy (non-hydrogen) atoms. The van der Waals surface area contributed by atoms with E-state index >= 15 is 0 Å². The molecule has 88 valence electrons. The molecule has 2 aliphatic carbocycles. The molecule has 1 heterocycles. The summed E-state index contributed by atoms with van der Waals surface area (Å²) in [6.07, 6.45) is 9.82. The molecule has 2 saturated carbocycles. The van der Waals surface area contributed by atoms with Crippen molar-refractivity contribution >= 4 is 0 Å². The molecule has 3 heteroatoms. The molecule has 1 aromatic heterocycles. The third-order valence-corrected chi connectivity index (χ3v) is 4.42. The molecule has 3 atom stereocenters. The van der Waals surface area contributed by atoms with Crippen molar-refractivity contribution in [2.45, 2.75) is 45.2 Å². The molecular formula is C13H21N3. The van der Waals surface area contributed by atoms with E-state index in [1.54, 1.807) is 0 Å². The van der Waals surface area contributed by atoms with Gasteiger partial charge in [0.2, 0.25) is 0 Å². The number of aromatic nitrogens is 2. The SMILES string of the molecule is Cc1nccn1CCNC1CC2CCC1C2. The smallest absolute Gasteiger partial charge is 0.105 e. The summed E-state index contributed by atoms with van der Waals surface area (Å²) in [7, 11) is 0. The first kappa shape index (κ1) is 10.3. The molecule has 2 aliphatic rings. The first-order valence-corrected chi connectivity index (χ1v) is 6.54. The summed E-state index contributed by atoms with van der Waals surface area (Å²) in [5, 5.41) is 3.73. The maximum atomic E-state index is 4.24. The minimum atomic E-state index is 0.808. The minimum Gasteiger partial charge on any atom is -0.334 e. The molecule has 2 bridgehead atoms. The van der Waals surface area contributed by atoms with Gasteiger partial charge in [-0.3, -0.25) is 0 Å². The van der Waals surface area contributed by atoms with Crippen LogP contribution < -0.4 is 5.32 Å². The first-order chi connectivity index (χ1) is 7.83. The topological polar surface area (TPSA) is 29.9 Å². The van der Waals surface area contributed by atoms with Crippen molar-refractivity contribution in [2.24, 2.45) is 11.8 Å². The fourth-order valence-corrected chi connectivity index (χ4v) is 3.51.